The van der Waals surface area contributed by atoms with Crippen LogP contribution in [0.25, 0.3) is 0 Å². The molecule has 4 heteroatoms. The van der Waals surface area contributed by atoms with Crippen molar-refractivity contribution < 1.29 is 19.8 Å². The Morgan fingerprint density at radius 1 is 0.818 bits per heavy atom. The Morgan fingerprint density at radius 3 is 1.73 bits per heavy atom. The van der Waals surface area contributed by atoms with Crippen molar-refractivity contribution in [3.63, 3.8) is 0 Å². The first-order valence-corrected chi connectivity index (χ1v) is 11.8. The standard InChI is InChI=1S/C29H32O4/c1-19-13-14-20(2)26-23(19)15-16-29(26,24(27(30)31)17-21-9-5-3-6-10-21)25(28(32)33)18-22-11-7-4-8-12-22/h3-12,15-16,19-20,24-25H,13-14,17-18H2,1-2H3,(H,30,31)(H,32,33). The van der Waals surface area contributed by atoms with Crippen LogP contribution in [0, 0.1) is 29.1 Å². The molecule has 4 atom stereocenters. The minimum atomic E-state index is -1.08. The van der Waals surface area contributed by atoms with Gasteiger partial charge in [-0.3, -0.25) is 9.59 Å². The van der Waals surface area contributed by atoms with Gasteiger partial charge in [0.2, 0.25) is 0 Å². The van der Waals surface area contributed by atoms with Gasteiger partial charge in [-0.25, -0.2) is 0 Å². The monoisotopic (exact) mass is 444 g/mol. The number of rotatable bonds is 8. The lowest BCUT2D eigenvalue weighted by Crippen LogP contribution is -2.48. The van der Waals surface area contributed by atoms with Crippen LogP contribution < -0.4 is 0 Å². The van der Waals surface area contributed by atoms with E-state index in [1.807, 2.05) is 72.8 Å². The highest BCUT2D eigenvalue weighted by Crippen LogP contribution is 2.58. The van der Waals surface area contributed by atoms with Gasteiger partial charge >= 0.3 is 11.9 Å². The second-order valence-electron chi connectivity index (χ2n) is 9.68. The SMILES string of the molecule is CC1CCC(C)C2=C1C=CC2(C(Cc1ccccc1)C(=O)O)C(Cc1ccccc1)C(=O)O. The molecule has 2 aromatic rings. The summed E-state index contributed by atoms with van der Waals surface area (Å²) in [5.41, 5.74) is 2.92. The Hall–Kier alpha value is -3.14. The van der Waals surface area contributed by atoms with Gasteiger partial charge in [0.15, 0.2) is 0 Å². The summed E-state index contributed by atoms with van der Waals surface area (Å²) < 4.78 is 0. The van der Waals surface area contributed by atoms with E-state index in [2.05, 4.69) is 13.8 Å². The topological polar surface area (TPSA) is 74.6 Å². The van der Waals surface area contributed by atoms with E-state index in [4.69, 9.17) is 0 Å². The van der Waals surface area contributed by atoms with Crippen LogP contribution in [-0.4, -0.2) is 22.2 Å². The molecule has 2 aliphatic carbocycles. The Bertz CT molecular complexity index is 1010. The van der Waals surface area contributed by atoms with E-state index in [1.165, 1.54) is 0 Å². The van der Waals surface area contributed by atoms with Gasteiger partial charge in [0.25, 0.3) is 0 Å². The van der Waals surface area contributed by atoms with Crippen LogP contribution in [0.2, 0.25) is 0 Å². The normalized spacial score (nSPS) is 26.0. The molecule has 0 saturated heterocycles. The van der Waals surface area contributed by atoms with E-state index in [1.54, 1.807) is 0 Å². The summed E-state index contributed by atoms with van der Waals surface area (Å²) >= 11 is 0. The largest absolute Gasteiger partial charge is 0.481 e. The predicted molar refractivity (Wildman–Crippen MR) is 129 cm³/mol. The van der Waals surface area contributed by atoms with E-state index in [0.29, 0.717) is 5.92 Å². The van der Waals surface area contributed by atoms with Gasteiger partial charge in [-0.15, -0.1) is 0 Å². The van der Waals surface area contributed by atoms with Crippen LogP contribution in [-0.2, 0) is 22.4 Å². The fraction of sp³-hybridized carbons (Fsp3) is 0.379. The van der Waals surface area contributed by atoms with Crippen molar-refractivity contribution in [2.45, 2.75) is 39.5 Å². The Morgan fingerprint density at radius 2 is 1.27 bits per heavy atom. The number of benzene rings is 2. The van der Waals surface area contributed by atoms with Crippen LogP contribution in [0.5, 0.6) is 0 Å². The van der Waals surface area contributed by atoms with Gasteiger partial charge in [0.1, 0.15) is 0 Å². The number of carboxylic acids is 2. The molecule has 0 fully saturated rings. The Balaban J connectivity index is 1.91. The van der Waals surface area contributed by atoms with Gasteiger partial charge in [0.05, 0.1) is 11.8 Å². The molecule has 2 aliphatic rings. The molecule has 0 aliphatic heterocycles. The summed E-state index contributed by atoms with van der Waals surface area (Å²) in [5.74, 6) is -3.19. The number of carboxylic acid groups (broad SMARTS) is 2. The summed E-state index contributed by atoms with van der Waals surface area (Å²) in [5, 5.41) is 21.1. The van der Waals surface area contributed by atoms with Crippen LogP contribution >= 0.6 is 0 Å². The summed E-state index contributed by atoms with van der Waals surface area (Å²) in [4.78, 5) is 25.8. The molecule has 4 unspecified atom stereocenters. The molecule has 2 aromatic carbocycles. The smallest absolute Gasteiger partial charge is 0.308 e. The zero-order chi connectivity index (χ0) is 23.6. The fourth-order valence-electron chi connectivity index (χ4n) is 6.07. The first kappa shape index (κ1) is 23.0. The first-order valence-electron chi connectivity index (χ1n) is 11.8. The van der Waals surface area contributed by atoms with Crippen LogP contribution in [0.4, 0.5) is 0 Å². The van der Waals surface area contributed by atoms with E-state index >= 15 is 0 Å². The van der Waals surface area contributed by atoms with Gasteiger partial charge in [-0.2, -0.15) is 0 Å². The molecule has 0 spiro atoms. The van der Waals surface area contributed by atoms with Gasteiger partial charge in [-0.05, 0) is 54.2 Å². The number of aliphatic carboxylic acids is 2. The van der Waals surface area contributed by atoms with Crippen molar-refractivity contribution in [3.05, 3.63) is 95.1 Å². The Labute approximate surface area is 195 Å². The predicted octanol–water partition coefficient (Wildman–Crippen LogP) is 5.79. The van der Waals surface area contributed by atoms with E-state index in [0.717, 1.165) is 35.1 Å². The molecule has 0 saturated carbocycles. The summed E-state index contributed by atoms with van der Waals surface area (Å²) in [6, 6.07) is 19.1. The van der Waals surface area contributed by atoms with E-state index in [9.17, 15) is 19.8 Å². The molecule has 33 heavy (non-hydrogen) atoms. The highest BCUT2D eigenvalue weighted by Gasteiger charge is 2.56. The van der Waals surface area contributed by atoms with Crippen molar-refractivity contribution in [3.8, 4) is 0 Å². The molecule has 0 bridgehead atoms. The maximum atomic E-state index is 12.9. The average Bonchev–Trinajstić information content (AvgIpc) is 3.21. The first-order chi connectivity index (χ1) is 15.8. The lowest BCUT2D eigenvalue weighted by atomic mass is 9.56. The molecule has 0 heterocycles. The van der Waals surface area contributed by atoms with Crippen molar-refractivity contribution >= 4 is 11.9 Å². The van der Waals surface area contributed by atoms with Crippen molar-refractivity contribution in [1.29, 1.82) is 0 Å². The fourth-order valence-corrected chi connectivity index (χ4v) is 6.07. The number of carbonyl (C=O) groups is 2. The van der Waals surface area contributed by atoms with E-state index in [-0.39, 0.29) is 18.8 Å². The minimum Gasteiger partial charge on any atom is -0.481 e. The minimum absolute atomic E-state index is 0.140. The molecular formula is C29H32O4. The molecule has 0 amide bonds. The number of hydrogen-bond donors (Lipinski definition) is 2. The molecular weight excluding hydrogens is 412 g/mol. The van der Waals surface area contributed by atoms with Crippen molar-refractivity contribution in [2.75, 3.05) is 0 Å². The highest BCUT2D eigenvalue weighted by molar-refractivity contribution is 5.80. The van der Waals surface area contributed by atoms with Gasteiger partial charge in [0, 0.05) is 5.41 Å². The summed E-state index contributed by atoms with van der Waals surface area (Å²) in [6.45, 7) is 4.30. The van der Waals surface area contributed by atoms with Gasteiger partial charge in [-0.1, -0.05) is 92.2 Å². The lowest BCUT2D eigenvalue weighted by Gasteiger charge is -2.45. The second-order valence-corrected chi connectivity index (χ2v) is 9.68. The maximum absolute atomic E-state index is 12.9. The number of allylic oxidation sites excluding steroid dienone is 4. The number of hydrogen-bond acceptors (Lipinski definition) is 2. The molecule has 4 nitrogen and oxygen atoms in total. The van der Waals surface area contributed by atoms with Crippen LogP contribution in [0.15, 0.2) is 84.0 Å². The van der Waals surface area contributed by atoms with Crippen LogP contribution in [0.1, 0.15) is 37.8 Å². The molecule has 0 aromatic heterocycles. The molecule has 2 N–H and O–H groups in total. The van der Waals surface area contributed by atoms with Crippen LogP contribution in [0.3, 0.4) is 0 Å². The Kier molecular flexibility index (Phi) is 6.55. The highest BCUT2D eigenvalue weighted by atomic mass is 16.4. The average molecular weight is 445 g/mol. The molecule has 0 radical (unpaired) electrons. The summed E-state index contributed by atoms with van der Waals surface area (Å²) in [6.07, 6.45) is 6.54. The quantitative estimate of drug-likeness (QED) is 0.540. The molecule has 4 rings (SSSR count). The maximum Gasteiger partial charge on any atom is 0.308 e. The lowest BCUT2D eigenvalue weighted by molar-refractivity contribution is -0.152. The van der Waals surface area contributed by atoms with Crippen molar-refractivity contribution in [2.24, 2.45) is 29.1 Å². The van der Waals surface area contributed by atoms with Crippen molar-refractivity contribution in [1.82, 2.24) is 0 Å². The third kappa shape index (κ3) is 4.27. The summed E-state index contributed by atoms with van der Waals surface area (Å²) in [7, 11) is 0. The van der Waals surface area contributed by atoms with E-state index < -0.39 is 29.2 Å². The zero-order valence-electron chi connectivity index (χ0n) is 19.3. The molecule has 172 valence electrons. The third-order valence-electron chi connectivity index (χ3n) is 7.69. The second kappa shape index (κ2) is 9.38. The zero-order valence-corrected chi connectivity index (χ0v) is 19.3. The third-order valence-corrected chi connectivity index (χ3v) is 7.69. The van der Waals surface area contributed by atoms with Gasteiger partial charge < -0.3 is 10.2 Å².